The van der Waals surface area contributed by atoms with E-state index in [1.807, 2.05) is 0 Å². The van der Waals surface area contributed by atoms with Crippen LogP contribution in [0.2, 0.25) is 10.0 Å². The fourth-order valence-electron chi connectivity index (χ4n) is 4.00. The van der Waals surface area contributed by atoms with Gasteiger partial charge in [-0.3, -0.25) is 9.59 Å². The lowest BCUT2D eigenvalue weighted by molar-refractivity contribution is 0.0651. The van der Waals surface area contributed by atoms with Gasteiger partial charge in [0.2, 0.25) is 0 Å². The van der Waals surface area contributed by atoms with Gasteiger partial charge in [0.1, 0.15) is 5.82 Å². The quantitative estimate of drug-likeness (QED) is 0.407. The number of likely N-dealkylation sites (tertiary alicyclic amines) is 1. The van der Waals surface area contributed by atoms with Crippen molar-refractivity contribution in [3.8, 4) is 0 Å². The number of piperidine rings is 1. The Morgan fingerprint density at radius 3 is 2.58 bits per heavy atom. The van der Waals surface area contributed by atoms with Crippen LogP contribution in [0.1, 0.15) is 38.4 Å². The summed E-state index contributed by atoms with van der Waals surface area (Å²) in [7, 11) is 1.53. The van der Waals surface area contributed by atoms with Crippen LogP contribution in [0.5, 0.6) is 0 Å². The van der Waals surface area contributed by atoms with E-state index in [0.717, 1.165) is 4.70 Å². The Kier molecular flexibility index (Phi) is 6.63. The minimum absolute atomic E-state index is 0.00895. The molecule has 1 saturated heterocycles. The second-order valence-electron chi connectivity index (χ2n) is 7.52. The summed E-state index contributed by atoms with van der Waals surface area (Å²) >= 11 is 13.3. The Morgan fingerprint density at radius 1 is 1.16 bits per heavy atom. The van der Waals surface area contributed by atoms with Gasteiger partial charge < -0.3 is 9.64 Å². The molecular formula is C23H20Cl2FNO3S. The number of carbonyl (C=O) groups is 2. The van der Waals surface area contributed by atoms with Crippen molar-refractivity contribution in [1.82, 2.24) is 4.90 Å². The molecule has 1 amide bonds. The third-order valence-electron chi connectivity index (χ3n) is 5.60. The highest BCUT2D eigenvalue weighted by atomic mass is 35.5. The first-order valence-electron chi connectivity index (χ1n) is 9.88. The number of ether oxygens (including phenoxy) is 1. The minimum atomic E-state index is -0.356. The monoisotopic (exact) mass is 479 g/mol. The highest BCUT2D eigenvalue weighted by molar-refractivity contribution is 7.21. The number of halogens is 3. The molecule has 0 unspecified atom stereocenters. The number of thiophene rings is 1. The fourth-order valence-corrected chi connectivity index (χ4v) is 5.48. The number of methoxy groups -OCH3 is 1. The molecule has 0 radical (unpaired) electrons. The fraction of sp³-hybridized carbons (Fsp3) is 0.304. The largest absolute Gasteiger partial charge is 0.380 e. The van der Waals surface area contributed by atoms with Crippen LogP contribution in [-0.2, 0) is 11.3 Å². The van der Waals surface area contributed by atoms with Gasteiger partial charge in [0, 0.05) is 47.3 Å². The van der Waals surface area contributed by atoms with Gasteiger partial charge >= 0.3 is 0 Å². The van der Waals surface area contributed by atoms with E-state index in [-0.39, 0.29) is 30.0 Å². The van der Waals surface area contributed by atoms with E-state index >= 15 is 0 Å². The number of Topliss-reactive ketones (excluding diaryl/α,β-unsaturated/α-hetero) is 1. The van der Waals surface area contributed by atoms with Crippen LogP contribution in [0.15, 0.2) is 36.4 Å². The van der Waals surface area contributed by atoms with Gasteiger partial charge in [0.25, 0.3) is 5.91 Å². The summed E-state index contributed by atoms with van der Waals surface area (Å²) in [5.41, 5.74) is 1.11. The predicted molar refractivity (Wildman–Crippen MR) is 122 cm³/mol. The maximum atomic E-state index is 14.4. The van der Waals surface area contributed by atoms with Crippen LogP contribution in [0, 0.1) is 11.7 Å². The Morgan fingerprint density at radius 2 is 1.90 bits per heavy atom. The molecule has 1 fully saturated rings. The third kappa shape index (κ3) is 4.35. The molecule has 162 valence electrons. The zero-order valence-corrected chi connectivity index (χ0v) is 19.1. The van der Waals surface area contributed by atoms with Crippen molar-refractivity contribution in [1.29, 1.82) is 0 Å². The molecule has 1 aliphatic rings. The molecule has 0 saturated carbocycles. The van der Waals surface area contributed by atoms with E-state index in [2.05, 4.69) is 0 Å². The molecule has 8 heteroatoms. The molecule has 4 rings (SSSR count). The van der Waals surface area contributed by atoms with Gasteiger partial charge in [-0.1, -0.05) is 29.3 Å². The van der Waals surface area contributed by atoms with Crippen LogP contribution >= 0.6 is 34.5 Å². The number of hydrogen-bond donors (Lipinski definition) is 0. The number of carbonyl (C=O) groups excluding carboxylic acids is 2. The van der Waals surface area contributed by atoms with Crippen molar-refractivity contribution in [3.63, 3.8) is 0 Å². The average molecular weight is 480 g/mol. The Bertz CT molecular complexity index is 1160. The van der Waals surface area contributed by atoms with Gasteiger partial charge in [0.15, 0.2) is 5.78 Å². The molecule has 2 aromatic carbocycles. The number of ketones is 1. The summed E-state index contributed by atoms with van der Waals surface area (Å²) in [5.74, 6) is -0.673. The lowest BCUT2D eigenvalue weighted by Gasteiger charge is -2.31. The molecule has 3 aromatic rings. The molecule has 2 heterocycles. The van der Waals surface area contributed by atoms with Crippen LogP contribution < -0.4 is 0 Å². The maximum Gasteiger partial charge on any atom is 0.264 e. The maximum absolute atomic E-state index is 14.4. The number of rotatable bonds is 5. The SMILES string of the molecule is COCc1c(C(=O)N2CCC(C(=O)c3ccc(Cl)c(Cl)c3)CC2)sc2cccc(F)c12. The van der Waals surface area contributed by atoms with Crippen molar-refractivity contribution in [2.75, 3.05) is 20.2 Å². The van der Waals surface area contributed by atoms with Crippen LogP contribution in [0.3, 0.4) is 0 Å². The van der Waals surface area contributed by atoms with E-state index in [4.69, 9.17) is 27.9 Å². The summed E-state index contributed by atoms with van der Waals surface area (Å²) in [6, 6.07) is 9.72. The molecule has 1 aromatic heterocycles. The number of nitrogens with zero attached hydrogens (tertiary/aromatic N) is 1. The smallest absolute Gasteiger partial charge is 0.264 e. The summed E-state index contributed by atoms with van der Waals surface area (Å²) in [6.07, 6.45) is 1.12. The van der Waals surface area contributed by atoms with E-state index in [0.29, 0.717) is 57.4 Å². The van der Waals surface area contributed by atoms with E-state index < -0.39 is 0 Å². The van der Waals surface area contributed by atoms with E-state index in [9.17, 15) is 14.0 Å². The molecule has 0 atom stereocenters. The van der Waals surface area contributed by atoms with Crippen molar-refractivity contribution >= 4 is 56.3 Å². The summed E-state index contributed by atoms with van der Waals surface area (Å²) in [6.45, 7) is 1.08. The molecule has 0 aliphatic carbocycles. The lowest BCUT2D eigenvalue weighted by Crippen LogP contribution is -2.40. The van der Waals surface area contributed by atoms with Crippen LogP contribution in [0.4, 0.5) is 4.39 Å². The summed E-state index contributed by atoms with van der Waals surface area (Å²) in [5, 5.41) is 1.20. The Hall–Kier alpha value is -1.99. The van der Waals surface area contributed by atoms with Gasteiger partial charge in [-0.15, -0.1) is 11.3 Å². The minimum Gasteiger partial charge on any atom is -0.380 e. The summed E-state index contributed by atoms with van der Waals surface area (Å²) in [4.78, 5) is 28.3. The normalized spacial score (nSPS) is 14.9. The molecule has 31 heavy (non-hydrogen) atoms. The highest BCUT2D eigenvalue weighted by Crippen LogP contribution is 2.35. The van der Waals surface area contributed by atoms with Gasteiger partial charge in [-0.2, -0.15) is 0 Å². The topological polar surface area (TPSA) is 46.6 Å². The zero-order chi connectivity index (χ0) is 22.1. The number of fused-ring (bicyclic) bond motifs is 1. The van der Waals surface area contributed by atoms with Crippen molar-refractivity contribution in [2.24, 2.45) is 5.92 Å². The van der Waals surface area contributed by atoms with Crippen LogP contribution in [0.25, 0.3) is 10.1 Å². The predicted octanol–water partition coefficient (Wildman–Crippen LogP) is 6.23. The second kappa shape index (κ2) is 9.25. The summed E-state index contributed by atoms with van der Waals surface area (Å²) < 4.78 is 20.4. The first kappa shape index (κ1) is 22.2. The number of benzene rings is 2. The lowest BCUT2D eigenvalue weighted by atomic mass is 9.89. The van der Waals surface area contributed by atoms with Gasteiger partial charge in [-0.05, 0) is 43.2 Å². The van der Waals surface area contributed by atoms with Crippen LogP contribution in [-0.4, -0.2) is 36.8 Å². The second-order valence-corrected chi connectivity index (χ2v) is 9.38. The van der Waals surface area contributed by atoms with E-state index in [1.165, 1.54) is 24.5 Å². The van der Waals surface area contributed by atoms with Gasteiger partial charge in [0.05, 0.1) is 21.5 Å². The van der Waals surface area contributed by atoms with Gasteiger partial charge in [-0.25, -0.2) is 4.39 Å². The molecular weight excluding hydrogens is 460 g/mol. The van der Waals surface area contributed by atoms with Crippen molar-refractivity contribution < 1.29 is 18.7 Å². The first-order valence-corrected chi connectivity index (χ1v) is 11.4. The molecule has 0 N–H and O–H groups in total. The molecule has 4 nitrogen and oxygen atoms in total. The highest BCUT2D eigenvalue weighted by Gasteiger charge is 2.31. The average Bonchev–Trinajstić information content (AvgIpc) is 3.15. The number of hydrogen-bond acceptors (Lipinski definition) is 4. The standard InChI is InChI=1S/C23H20Cl2FNO3S/c1-30-12-15-20-18(26)3-2-4-19(20)31-22(15)23(29)27-9-7-13(8-10-27)21(28)14-5-6-16(24)17(25)11-14/h2-6,11,13H,7-10,12H2,1H3. The first-order chi connectivity index (χ1) is 14.9. The van der Waals surface area contributed by atoms with E-state index in [1.54, 1.807) is 35.2 Å². The molecule has 0 spiro atoms. The Balaban J connectivity index is 1.51. The van der Waals surface area contributed by atoms with Crippen molar-refractivity contribution in [2.45, 2.75) is 19.4 Å². The Labute approximate surface area is 193 Å². The number of amides is 1. The zero-order valence-electron chi connectivity index (χ0n) is 16.8. The third-order valence-corrected chi connectivity index (χ3v) is 7.53. The molecule has 1 aliphatic heterocycles. The molecule has 0 bridgehead atoms. The van der Waals surface area contributed by atoms with Crippen molar-refractivity contribution in [3.05, 3.63) is 68.3 Å².